The molecule has 7 heteroatoms. The van der Waals surface area contributed by atoms with Crippen molar-refractivity contribution in [1.29, 1.82) is 0 Å². The molecule has 1 aromatic heterocycles. The van der Waals surface area contributed by atoms with Crippen molar-refractivity contribution in [2.45, 2.75) is 44.2 Å². The third kappa shape index (κ3) is 3.42. The van der Waals surface area contributed by atoms with Crippen molar-refractivity contribution < 1.29 is 23.8 Å². The lowest BCUT2D eigenvalue weighted by atomic mass is 9.92. The van der Waals surface area contributed by atoms with E-state index in [1.165, 1.54) is 19.4 Å². The minimum Gasteiger partial charge on any atom is -0.507 e. The molecule has 1 saturated carbocycles. The number of aliphatic hydroxyl groups is 1. The molecule has 1 N–H and O–H groups in total. The summed E-state index contributed by atoms with van der Waals surface area (Å²) >= 11 is 6.11. The summed E-state index contributed by atoms with van der Waals surface area (Å²) in [6.45, 7) is 0. The van der Waals surface area contributed by atoms with Gasteiger partial charge in [-0.05, 0) is 43.2 Å². The van der Waals surface area contributed by atoms with Crippen molar-refractivity contribution in [3.05, 3.63) is 58.5 Å². The van der Waals surface area contributed by atoms with Gasteiger partial charge in [0.2, 0.25) is 0 Å². The molecule has 0 spiro atoms. The van der Waals surface area contributed by atoms with Crippen LogP contribution in [0.3, 0.4) is 0 Å². The minimum absolute atomic E-state index is 0.00362. The summed E-state index contributed by atoms with van der Waals surface area (Å²) in [6, 6.07) is 7.32. The molecule has 2 aliphatic rings. The van der Waals surface area contributed by atoms with Crippen LogP contribution in [0.25, 0.3) is 5.76 Å². The minimum atomic E-state index is -0.781. The number of likely N-dealkylation sites (tertiary alicyclic amines) is 1. The van der Waals surface area contributed by atoms with E-state index in [0.717, 1.165) is 32.1 Å². The summed E-state index contributed by atoms with van der Waals surface area (Å²) in [5, 5.41) is 11.5. The smallest absolute Gasteiger partial charge is 0.296 e. The lowest BCUT2D eigenvalue weighted by Crippen LogP contribution is -2.40. The first-order valence-corrected chi connectivity index (χ1v) is 10.1. The highest BCUT2D eigenvalue weighted by Gasteiger charge is 2.50. The predicted octanol–water partition coefficient (Wildman–Crippen LogP) is 4.70. The number of ether oxygens (including phenoxy) is 1. The molecule has 0 radical (unpaired) electrons. The van der Waals surface area contributed by atoms with E-state index in [0.29, 0.717) is 16.5 Å². The number of hydrogen-bond donors (Lipinski definition) is 1. The molecular weight excluding hydrogens is 394 g/mol. The number of benzene rings is 1. The number of furan rings is 1. The highest BCUT2D eigenvalue weighted by Crippen LogP contribution is 2.44. The summed E-state index contributed by atoms with van der Waals surface area (Å²) in [4.78, 5) is 27.6. The highest BCUT2D eigenvalue weighted by molar-refractivity contribution is 6.46. The number of halogens is 1. The zero-order valence-corrected chi connectivity index (χ0v) is 16.8. The largest absolute Gasteiger partial charge is 0.507 e. The standard InChI is InChI=1S/C22H22ClNO5/c1-28-16-10-9-13(23)12-15(16)20(25)18-19(17-8-5-11-29-17)24(22(27)21(18)26)14-6-3-2-4-7-14/h5,8-12,14,19,25H,2-4,6-7H2,1H3/b20-18-. The molecule has 4 rings (SSSR count). The maximum Gasteiger partial charge on any atom is 0.296 e. The van der Waals surface area contributed by atoms with Crippen LogP contribution in [0.2, 0.25) is 5.02 Å². The fourth-order valence-corrected chi connectivity index (χ4v) is 4.49. The van der Waals surface area contributed by atoms with Crippen LogP contribution in [-0.4, -0.2) is 34.8 Å². The van der Waals surface area contributed by atoms with E-state index in [9.17, 15) is 14.7 Å². The maximum absolute atomic E-state index is 13.0. The Balaban J connectivity index is 1.89. The van der Waals surface area contributed by atoms with Crippen molar-refractivity contribution in [2.75, 3.05) is 7.11 Å². The molecule has 1 unspecified atom stereocenters. The molecule has 1 aliphatic heterocycles. The van der Waals surface area contributed by atoms with Gasteiger partial charge in [-0.25, -0.2) is 0 Å². The first-order valence-electron chi connectivity index (χ1n) is 9.70. The van der Waals surface area contributed by atoms with E-state index in [-0.39, 0.29) is 22.9 Å². The molecule has 0 bridgehead atoms. The second-order valence-corrected chi connectivity index (χ2v) is 7.79. The van der Waals surface area contributed by atoms with Crippen LogP contribution < -0.4 is 4.74 Å². The Kier molecular flexibility index (Phi) is 5.37. The van der Waals surface area contributed by atoms with Gasteiger partial charge in [-0.15, -0.1) is 0 Å². The van der Waals surface area contributed by atoms with Crippen LogP contribution in [0.15, 0.2) is 46.6 Å². The van der Waals surface area contributed by atoms with Gasteiger partial charge in [0.15, 0.2) is 0 Å². The molecule has 1 aliphatic carbocycles. The number of amides is 1. The normalized spacial score (nSPS) is 22.3. The molecule has 1 aromatic carbocycles. The van der Waals surface area contributed by atoms with Crippen molar-refractivity contribution >= 4 is 29.1 Å². The van der Waals surface area contributed by atoms with Crippen LogP contribution in [0, 0.1) is 0 Å². The number of nitrogens with zero attached hydrogens (tertiary/aromatic N) is 1. The van der Waals surface area contributed by atoms with Gasteiger partial charge < -0.3 is 19.2 Å². The lowest BCUT2D eigenvalue weighted by molar-refractivity contribution is -0.142. The van der Waals surface area contributed by atoms with Gasteiger partial charge in [0, 0.05) is 11.1 Å². The van der Waals surface area contributed by atoms with E-state index in [4.69, 9.17) is 20.8 Å². The number of rotatable bonds is 4. The van der Waals surface area contributed by atoms with Crippen LogP contribution >= 0.6 is 11.6 Å². The van der Waals surface area contributed by atoms with Crippen LogP contribution in [0.4, 0.5) is 0 Å². The Morgan fingerprint density at radius 1 is 1.21 bits per heavy atom. The average Bonchev–Trinajstić information content (AvgIpc) is 3.35. The molecule has 1 amide bonds. The second-order valence-electron chi connectivity index (χ2n) is 7.36. The van der Waals surface area contributed by atoms with Gasteiger partial charge in [0.05, 0.1) is 24.5 Å². The van der Waals surface area contributed by atoms with Crippen molar-refractivity contribution in [3.63, 3.8) is 0 Å². The number of carbonyl (C=O) groups excluding carboxylic acids is 2. The summed E-state index contributed by atoms with van der Waals surface area (Å²) in [5.41, 5.74) is 0.259. The Hall–Kier alpha value is -2.73. The van der Waals surface area contributed by atoms with Gasteiger partial charge in [0.25, 0.3) is 11.7 Å². The van der Waals surface area contributed by atoms with Gasteiger partial charge in [-0.1, -0.05) is 30.9 Å². The molecular formula is C22H22ClNO5. The van der Waals surface area contributed by atoms with Gasteiger partial charge >= 0.3 is 0 Å². The number of methoxy groups -OCH3 is 1. The Labute approximate surface area is 173 Å². The average molecular weight is 416 g/mol. The summed E-state index contributed by atoms with van der Waals surface area (Å²) in [6.07, 6.45) is 6.26. The van der Waals surface area contributed by atoms with Crippen LogP contribution in [0.1, 0.15) is 49.5 Å². The number of Topliss-reactive ketones (excluding diaryl/α,β-unsaturated/α-hetero) is 1. The molecule has 2 aromatic rings. The summed E-state index contributed by atoms with van der Waals surface area (Å²) in [7, 11) is 1.46. The van der Waals surface area contributed by atoms with Crippen molar-refractivity contribution in [1.82, 2.24) is 4.90 Å². The number of carbonyl (C=O) groups is 2. The molecule has 1 atom stereocenters. The van der Waals surface area contributed by atoms with Gasteiger partial charge in [0.1, 0.15) is 23.3 Å². The fourth-order valence-electron chi connectivity index (χ4n) is 4.32. The monoisotopic (exact) mass is 415 g/mol. The molecule has 1 saturated heterocycles. The second kappa shape index (κ2) is 7.95. The lowest BCUT2D eigenvalue weighted by Gasteiger charge is -2.34. The summed E-state index contributed by atoms with van der Waals surface area (Å²) < 4.78 is 10.9. The van der Waals surface area contributed by atoms with Crippen molar-refractivity contribution in [2.24, 2.45) is 0 Å². The van der Waals surface area contributed by atoms with E-state index in [2.05, 4.69) is 0 Å². The molecule has 6 nitrogen and oxygen atoms in total. The topological polar surface area (TPSA) is 80.0 Å². The van der Waals surface area contributed by atoms with Crippen LogP contribution in [0.5, 0.6) is 5.75 Å². The molecule has 2 heterocycles. The Bertz CT molecular complexity index is 960. The quantitative estimate of drug-likeness (QED) is 0.445. The molecule has 29 heavy (non-hydrogen) atoms. The predicted molar refractivity (Wildman–Crippen MR) is 108 cm³/mol. The SMILES string of the molecule is COc1ccc(Cl)cc1/C(O)=C1/C(=O)C(=O)N(C2CCCCC2)C1c1ccco1. The maximum atomic E-state index is 13.0. The fraction of sp³-hybridized carbons (Fsp3) is 0.364. The van der Waals surface area contributed by atoms with Gasteiger partial charge in [-0.2, -0.15) is 0 Å². The number of ketones is 1. The number of hydrogen-bond acceptors (Lipinski definition) is 5. The van der Waals surface area contributed by atoms with Gasteiger partial charge in [-0.3, -0.25) is 9.59 Å². The van der Waals surface area contributed by atoms with E-state index >= 15 is 0 Å². The first kappa shape index (κ1) is 19.6. The van der Waals surface area contributed by atoms with E-state index in [1.54, 1.807) is 29.2 Å². The van der Waals surface area contributed by atoms with Crippen molar-refractivity contribution in [3.8, 4) is 5.75 Å². The first-order chi connectivity index (χ1) is 14.0. The molecule has 152 valence electrons. The molecule has 2 fully saturated rings. The number of aliphatic hydroxyl groups excluding tert-OH is 1. The summed E-state index contributed by atoms with van der Waals surface area (Å²) in [5.74, 6) is -0.856. The highest BCUT2D eigenvalue weighted by atomic mass is 35.5. The zero-order chi connectivity index (χ0) is 20.5. The Morgan fingerprint density at radius 3 is 2.62 bits per heavy atom. The third-order valence-corrected chi connectivity index (χ3v) is 5.91. The van der Waals surface area contributed by atoms with E-state index < -0.39 is 17.7 Å². The zero-order valence-electron chi connectivity index (χ0n) is 16.1. The van der Waals surface area contributed by atoms with Crippen LogP contribution in [-0.2, 0) is 9.59 Å². The van der Waals surface area contributed by atoms with E-state index in [1.807, 2.05) is 0 Å². The Morgan fingerprint density at radius 2 is 1.97 bits per heavy atom. The third-order valence-electron chi connectivity index (χ3n) is 5.68.